The summed E-state index contributed by atoms with van der Waals surface area (Å²) in [6.45, 7) is 15.9. The fourth-order valence-electron chi connectivity index (χ4n) is 4.19. The first-order chi connectivity index (χ1) is 17.3. The predicted molar refractivity (Wildman–Crippen MR) is 151 cm³/mol. The monoisotopic (exact) mass is 467 g/mol. The van der Waals surface area contributed by atoms with Crippen molar-refractivity contribution in [1.29, 1.82) is 5.26 Å². The standard InChI is InChI=1S/C33H29N3/c1-24-11-17-29(18-12-24)36(28-9-7-6-8-10-28)30-19-14-25(15-20-30)13-16-26-21-27(23-34)31(33(2,3)4)22-32(26)35-5/h6-22H,1-4H3. The Kier molecular flexibility index (Phi) is 7.05. The molecule has 0 radical (unpaired) electrons. The first kappa shape index (κ1) is 24.5. The molecule has 0 bridgehead atoms. The third-order valence-corrected chi connectivity index (χ3v) is 6.13. The zero-order valence-electron chi connectivity index (χ0n) is 21.2. The van der Waals surface area contributed by atoms with Crippen LogP contribution in [0.15, 0.2) is 91.0 Å². The molecular formula is C33H29N3. The molecule has 0 spiro atoms. The molecule has 176 valence electrons. The highest BCUT2D eigenvalue weighted by atomic mass is 15.1. The van der Waals surface area contributed by atoms with E-state index in [0.717, 1.165) is 33.8 Å². The van der Waals surface area contributed by atoms with Gasteiger partial charge in [-0.25, -0.2) is 4.85 Å². The van der Waals surface area contributed by atoms with Gasteiger partial charge in [0.25, 0.3) is 0 Å². The third-order valence-electron chi connectivity index (χ3n) is 6.13. The Hall–Kier alpha value is -4.60. The average Bonchev–Trinajstić information content (AvgIpc) is 2.89. The first-order valence-corrected chi connectivity index (χ1v) is 12.0. The fraction of sp³-hybridized carbons (Fsp3) is 0.152. The van der Waals surface area contributed by atoms with Gasteiger partial charge in [0.05, 0.1) is 18.2 Å². The molecule has 3 heteroatoms. The molecule has 4 aromatic rings. The predicted octanol–water partition coefficient (Wildman–Crippen LogP) is 9.36. The molecule has 36 heavy (non-hydrogen) atoms. The minimum Gasteiger partial charge on any atom is -0.311 e. The number of rotatable bonds is 5. The first-order valence-electron chi connectivity index (χ1n) is 12.0. The molecule has 0 aliphatic heterocycles. The Morgan fingerprint density at radius 3 is 1.94 bits per heavy atom. The van der Waals surface area contributed by atoms with E-state index in [-0.39, 0.29) is 5.41 Å². The van der Waals surface area contributed by atoms with Gasteiger partial charge in [0, 0.05) is 17.1 Å². The van der Waals surface area contributed by atoms with Crippen molar-refractivity contribution in [2.45, 2.75) is 33.1 Å². The van der Waals surface area contributed by atoms with Gasteiger partial charge >= 0.3 is 0 Å². The van der Waals surface area contributed by atoms with Gasteiger partial charge in [-0.3, -0.25) is 0 Å². The normalized spacial score (nSPS) is 11.2. The lowest BCUT2D eigenvalue weighted by Crippen LogP contribution is -2.13. The molecule has 0 saturated carbocycles. The van der Waals surface area contributed by atoms with Gasteiger partial charge in [-0.05, 0) is 71.5 Å². The number of hydrogen-bond donors (Lipinski definition) is 0. The Morgan fingerprint density at radius 1 is 0.806 bits per heavy atom. The van der Waals surface area contributed by atoms with Gasteiger partial charge in [0.15, 0.2) is 5.69 Å². The van der Waals surface area contributed by atoms with Crippen molar-refractivity contribution in [1.82, 2.24) is 0 Å². The zero-order valence-corrected chi connectivity index (χ0v) is 21.2. The van der Waals surface area contributed by atoms with E-state index in [2.05, 4.69) is 104 Å². The van der Waals surface area contributed by atoms with Gasteiger partial charge in [0.1, 0.15) is 0 Å². The van der Waals surface area contributed by atoms with Crippen LogP contribution >= 0.6 is 0 Å². The maximum atomic E-state index is 9.68. The van der Waals surface area contributed by atoms with E-state index in [9.17, 15) is 5.26 Å². The summed E-state index contributed by atoms with van der Waals surface area (Å²) in [7, 11) is 0. The van der Waals surface area contributed by atoms with Gasteiger partial charge in [-0.2, -0.15) is 5.26 Å². The van der Waals surface area contributed by atoms with Gasteiger partial charge in [0.2, 0.25) is 0 Å². The minimum absolute atomic E-state index is 0.204. The number of para-hydroxylation sites is 1. The second kappa shape index (κ2) is 10.3. The molecular weight excluding hydrogens is 438 g/mol. The number of hydrogen-bond acceptors (Lipinski definition) is 2. The lowest BCUT2D eigenvalue weighted by atomic mass is 9.83. The Labute approximate surface area is 214 Å². The van der Waals surface area contributed by atoms with Crippen molar-refractivity contribution in [3.63, 3.8) is 0 Å². The van der Waals surface area contributed by atoms with Crippen LogP contribution in [0.2, 0.25) is 0 Å². The Bertz CT molecular complexity index is 1460. The number of aryl methyl sites for hydroxylation is 1. The molecule has 0 amide bonds. The van der Waals surface area contributed by atoms with Crippen molar-refractivity contribution in [3.8, 4) is 6.07 Å². The average molecular weight is 468 g/mol. The number of nitriles is 1. The Morgan fingerprint density at radius 2 is 1.39 bits per heavy atom. The van der Waals surface area contributed by atoms with Crippen LogP contribution in [0.4, 0.5) is 22.7 Å². The van der Waals surface area contributed by atoms with Crippen LogP contribution < -0.4 is 4.90 Å². The van der Waals surface area contributed by atoms with Crippen LogP contribution in [0.5, 0.6) is 0 Å². The quantitative estimate of drug-likeness (QED) is 0.216. The summed E-state index contributed by atoms with van der Waals surface area (Å²) >= 11 is 0. The zero-order chi connectivity index (χ0) is 25.7. The summed E-state index contributed by atoms with van der Waals surface area (Å²) in [5.41, 5.74) is 8.11. The lowest BCUT2D eigenvalue weighted by molar-refractivity contribution is 0.589. The van der Waals surface area contributed by atoms with Crippen molar-refractivity contribution >= 4 is 34.9 Å². The van der Waals surface area contributed by atoms with E-state index in [1.165, 1.54) is 5.56 Å². The highest BCUT2D eigenvalue weighted by Gasteiger charge is 2.20. The van der Waals surface area contributed by atoms with E-state index in [1.807, 2.05) is 42.5 Å². The van der Waals surface area contributed by atoms with E-state index < -0.39 is 0 Å². The summed E-state index contributed by atoms with van der Waals surface area (Å²) in [6, 6.07) is 33.2. The van der Waals surface area contributed by atoms with Crippen LogP contribution in [0.25, 0.3) is 17.0 Å². The van der Waals surface area contributed by atoms with Crippen molar-refractivity contribution in [3.05, 3.63) is 130 Å². The maximum absolute atomic E-state index is 9.68. The van der Waals surface area contributed by atoms with Crippen molar-refractivity contribution in [2.24, 2.45) is 0 Å². The second-order valence-corrected chi connectivity index (χ2v) is 9.86. The molecule has 0 saturated heterocycles. The summed E-state index contributed by atoms with van der Waals surface area (Å²) in [5, 5.41) is 9.68. The highest BCUT2D eigenvalue weighted by Crippen LogP contribution is 2.35. The topological polar surface area (TPSA) is 31.4 Å². The molecule has 0 aromatic heterocycles. The molecule has 0 N–H and O–H groups in total. The fourth-order valence-corrected chi connectivity index (χ4v) is 4.19. The molecule has 0 fully saturated rings. The van der Waals surface area contributed by atoms with E-state index >= 15 is 0 Å². The largest absolute Gasteiger partial charge is 0.311 e. The molecule has 0 atom stereocenters. The van der Waals surface area contributed by atoms with Crippen LogP contribution in [0.1, 0.15) is 48.6 Å². The lowest BCUT2D eigenvalue weighted by Gasteiger charge is -2.25. The number of nitrogens with zero attached hydrogens (tertiary/aromatic N) is 3. The molecule has 4 rings (SSSR count). The van der Waals surface area contributed by atoms with Crippen LogP contribution in [-0.4, -0.2) is 0 Å². The second-order valence-electron chi connectivity index (χ2n) is 9.86. The highest BCUT2D eigenvalue weighted by molar-refractivity contribution is 5.81. The molecule has 4 aromatic carbocycles. The summed E-state index contributed by atoms with van der Waals surface area (Å²) < 4.78 is 0. The number of benzene rings is 4. The molecule has 0 aliphatic rings. The van der Waals surface area contributed by atoms with E-state index in [0.29, 0.717) is 11.3 Å². The molecule has 0 unspecified atom stereocenters. The van der Waals surface area contributed by atoms with Crippen LogP contribution in [-0.2, 0) is 5.41 Å². The van der Waals surface area contributed by atoms with Crippen LogP contribution in [0, 0.1) is 24.8 Å². The molecule has 3 nitrogen and oxygen atoms in total. The minimum atomic E-state index is -0.204. The molecule has 0 aliphatic carbocycles. The summed E-state index contributed by atoms with van der Waals surface area (Å²) in [4.78, 5) is 5.96. The summed E-state index contributed by atoms with van der Waals surface area (Å²) in [5.74, 6) is 0. The number of anilines is 3. The van der Waals surface area contributed by atoms with Gasteiger partial charge in [-0.1, -0.05) is 87.0 Å². The summed E-state index contributed by atoms with van der Waals surface area (Å²) in [6.07, 6.45) is 3.91. The maximum Gasteiger partial charge on any atom is 0.194 e. The Balaban J connectivity index is 1.67. The molecule has 0 heterocycles. The smallest absolute Gasteiger partial charge is 0.194 e. The van der Waals surface area contributed by atoms with E-state index in [1.54, 1.807) is 0 Å². The van der Waals surface area contributed by atoms with E-state index in [4.69, 9.17) is 6.57 Å². The van der Waals surface area contributed by atoms with Gasteiger partial charge in [-0.15, -0.1) is 0 Å². The van der Waals surface area contributed by atoms with Crippen molar-refractivity contribution in [2.75, 3.05) is 4.90 Å². The third kappa shape index (κ3) is 5.38. The van der Waals surface area contributed by atoms with Gasteiger partial charge < -0.3 is 4.90 Å². The van der Waals surface area contributed by atoms with Crippen LogP contribution in [0.3, 0.4) is 0 Å². The SMILES string of the molecule is [C-]#[N+]c1cc(C(C)(C)C)c(C#N)cc1C=Cc1ccc(N(c2ccccc2)c2ccc(C)cc2)cc1. The van der Waals surface area contributed by atoms with Crippen molar-refractivity contribution < 1.29 is 0 Å².